The van der Waals surface area contributed by atoms with Gasteiger partial charge >= 0.3 is 0 Å². The maximum absolute atomic E-state index is 11.3. The Labute approximate surface area is 140 Å². The third kappa shape index (κ3) is 8.51. The molecule has 2 aromatic heterocycles. The number of pyridine rings is 2. The van der Waals surface area contributed by atoms with Crippen LogP contribution in [-0.2, 0) is 14.3 Å². The minimum atomic E-state index is -0.269. The summed E-state index contributed by atoms with van der Waals surface area (Å²) in [7, 11) is 1.57. The number of nitrogens with two attached hydrogens (primary N) is 3. The number of methoxy groups -OCH3 is 1. The Morgan fingerprint density at radius 1 is 1.00 bits per heavy atom. The lowest BCUT2D eigenvalue weighted by atomic mass is 10.4. The zero-order valence-corrected chi connectivity index (χ0v) is 13.4. The number of carbonyl (C=O) groups excluding carboxylic acids is 1. The SMILES string of the molecule is COCCOCC(=O)Nc1cccc(N)n1.Nc1cccc(N)n1. The fraction of sp³-hybridized carbons (Fsp3) is 0.267. The van der Waals surface area contributed by atoms with Crippen molar-refractivity contribution in [1.29, 1.82) is 0 Å². The van der Waals surface area contributed by atoms with Crippen molar-refractivity contribution in [3.63, 3.8) is 0 Å². The minimum Gasteiger partial charge on any atom is -0.384 e. The summed E-state index contributed by atoms with van der Waals surface area (Å²) in [5.41, 5.74) is 16.0. The number of carbonyl (C=O) groups is 1. The normalized spacial score (nSPS) is 9.71. The summed E-state index contributed by atoms with van der Waals surface area (Å²) in [5.74, 6) is 1.43. The lowest BCUT2D eigenvalue weighted by Crippen LogP contribution is -2.20. The van der Waals surface area contributed by atoms with Crippen LogP contribution in [0.15, 0.2) is 36.4 Å². The fourth-order valence-electron chi connectivity index (χ4n) is 1.48. The van der Waals surface area contributed by atoms with Gasteiger partial charge in [-0.1, -0.05) is 12.1 Å². The molecule has 0 radical (unpaired) electrons. The quantitative estimate of drug-likeness (QED) is 0.558. The van der Waals surface area contributed by atoms with Crippen LogP contribution in [0.25, 0.3) is 0 Å². The lowest BCUT2D eigenvalue weighted by molar-refractivity contribution is -0.121. The highest BCUT2D eigenvalue weighted by molar-refractivity contribution is 5.90. The van der Waals surface area contributed by atoms with Gasteiger partial charge in [0.2, 0.25) is 0 Å². The topological polar surface area (TPSA) is 151 Å². The van der Waals surface area contributed by atoms with Crippen molar-refractivity contribution in [2.45, 2.75) is 0 Å². The highest BCUT2D eigenvalue weighted by atomic mass is 16.5. The second kappa shape index (κ2) is 10.8. The molecule has 9 heteroatoms. The van der Waals surface area contributed by atoms with Crippen LogP contribution in [0, 0.1) is 0 Å². The zero-order chi connectivity index (χ0) is 17.8. The molecule has 2 rings (SSSR count). The summed E-state index contributed by atoms with van der Waals surface area (Å²) in [5, 5.41) is 2.56. The van der Waals surface area contributed by atoms with Gasteiger partial charge in [0.05, 0.1) is 13.2 Å². The number of amides is 1. The van der Waals surface area contributed by atoms with E-state index in [1.807, 2.05) is 0 Å². The first-order chi connectivity index (χ1) is 11.5. The highest BCUT2D eigenvalue weighted by Crippen LogP contribution is 2.05. The van der Waals surface area contributed by atoms with Gasteiger partial charge in [-0.3, -0.25) is 4.79 Å². The van der Waals surface area contributed by atoms with Crippen molar-refractivity contribution in [1.82, 2.24) is 9.97 Å². The molecular weight excluding hydrogens is 312 g/mol. The number of anilines is 4. The largest absolute Gasteiger partial charge is 0.384 e. The standard InChI is InChI=1S/C10H15N3O3.C5H7N3/c1-15-5-6-16-7-10(14)13-9-4-2-3-8(11)12-9;6-4-2-1-3-5(7)8-4/h2-4H,5-7H2,1H3,(H3,11,12,13,14);1-3H,(H4,6,7,8). The van der Waals surface area contributed by atoms with Crippen LogP contribution in [0.5, 0.6) is 0 Å². The van der Waals surface area contributed by atoms with Crippen LogP contribution < -0.4 is 22.5 Å². The van der Waals surface area contributed by atoms with Crippen LogP contribution >= 0.6 is 0 Å². The summed E-state index contributed by atoms with van der Waals surface area (Å²) in [6, 6.07) is 10.2. The number of hydrogen-bond donors (Lipinski definition) is 4. The van der Waals surface area contributed by atoms with Crippen molar-refractivity contribution < 1.29 is 14.3 Å². The molecule has 2 heterocycles. The van der Waals surface area contributed by atoms with E-state index in [4.69, 9.17) is 26.7 Å². The van der Waals surface area contributed by atoms with E-state index in [0.717, 1.165) is 0 Å². The third-order valence-electron chi connectivity index (χ3n) is 2.50. The summed E-state index contributed by atoms with van der Waals surface area (Å²) in [6.45, 7) is 0.817. The van der Waals surface area contributed by atoms with Gasteiger partial charge in [0.1, 0.15) is 29.9 Å². The third-order valence-corrected chi connectivity index (χ3v) is 2.50. The summed E-state index contributed by atoms with van der Waals surface area (Å²) in [6.07, 6.45) is 0. The Morgan fingerprint density at radius 2 is 1.58 bits per heavy atom. The smallest absolute Gasteiger partial charge is 0.251 e. The van der Waals surface area contributed by atoms with Crippen molar-refractivity contribution in [2.24, 2.45) is 0 Å². The van der Waals surface area contributed by atoms with E-state index in [9.17, 15) is 4.79 Å². The van der Waals surface area contributed by atoms with E-state index < -0.39 is 0 Å². The first-order valence-electron chi connectivity index (χ1n) is 7.08. The van der Waals surface area contributed by atoms with Crippen LogP contribution in [-0.4, -0.2) is 42.8 Å². The van der Waals surface area contributed by atoms with Crippen molar-refractivity contribution in [3.8, 4) is 0 Å². The van der Waals surface area contributed by atoms with Gasteiger partial charge in [-0.05, 0) is 24.3 Å². The first kappa shape index (κ1) is 19.1. The average Bonchev–Trinajstić information content (AvgIpc) is 2.52. The van der Waals surface area contributed by atoms with Gasteiger partial charge in [0.25, 0.3) is 5.91 Å². The molecule has 0 atom stereocenters. The van der Waals surface area contributed by atoms with Crippen molar-refractivity contribution in [3.05, 3.63) is 36.4 Å². The number of ether oxygens (including phenoxy) is 2. The second-order valence-corrected chi connectivity index (χ2v) is 4.53. The molecule has 0 saturated carbocycles. The molecule has 24 heavy (non-hydrogen) atoms. The fourth-order valence-corrected chi connectivity index (χ4v) is 1.48. The molecular formula is C15H22N6O3. The molecule has 1 amide bonds. The number of hydrogen-bond acceptors (Lipinski definition) is 8. The molecule has 0 aliphatic carbocycles. The van der Waals surface area contributed by atoms with Crippen LogP contribution in [0.1, 0.15) is 0 Å². The van der Waals surface area contributed by atoms with Crippen LogP contribution in [0.3, 0.4) is 0 Å². The van der Waals surface area contributed by atoms with Gasteiger partial charge in [-0.2, -0.15) is 0 Å². The van der Waals surface area contributed by atoms with E-state index in [0.29, 0.717) is 36.5 Å². The van der Waals surface area contributed by atoms with E-state index >= 15 is 0 Å². The first-order valence-corrected chi connectivity index (χ1v) is 7.08. The van der Waals surface area contributed by atoms with Gasteiger partial charge in [-0.15, -0.1) is 0 Å². The summed E-state index contributed by atoms with van der Waals surface area (Å²) in [4.78, 5) is 19.0. The summed E-state index contributed by atoms with van der Waals surface area (Å²) >= 11 is 0. The molecule has 0 spiro atoms. The molecule has 2 aromatic rings. The number of nitrogens with one attached hydrogen (secondary N) is 1. The maximum Gasteiger partial charge on any atom is 0.251 e. The van der Waals surface area contributed by atoms with E-state index in [2.05, 4.69) is 15.3 Å². The number of rotatable bonds is 6. The average molecular weight is 334 g/mol. The molecule has 0 bridgehead atoms. The number of nitrogens with zero attached hydrogens (tertiary/aromatic N) is 2. The minimum absolute atomic E-state index is 0.0279. The molecule has 0 saturated heterocycles. The van der Waals surface area contributed by atoms with Gasteiger partial charge in [-0.25, -0.2) is 9.97 Å². The molecule has 7 N–H and O–H groups in total. The van der Waals surface area contributed by atoms with Gasteiger partial charge < -0.3 is 32.0 Å². The maximum atomic E-state index is 11.3. The van der Waals surface area contributed by atoms with E-state index in [1.54, 1.807) is 43.5 Å². The van der Waals surface area contributed by atoms with Crippen molar-refractivity contribution >= 4 is 29.2 Å². The Hall–Kier alpha value is -2.91. The summed E-state index contributed by atoms with van der Waals surface area (Å²) < 4.78 is 9.81. The van der Waals surface area contributed by atoms with E-state index in [-0.39, 0.29) is 12.5 Å². The number of aromatic nitrogens is 2. The van der Waals surface area contributed by atoms with Gasteiger partial charge in [0, 0.05) is 7.11 Å². The molecule has 0 fully saturated rings. The van der Waals surface area contributed by atoms with Gasteiger partial charge in [0.15, 0.2) is 0 Å². The number of nitrogen functional groups attached to an aromatic ring is 3. The molecule has 130 valence electrons. The van der Waals surface area contributed by atoms with Crippen LogP contribution in [0.4, 0.5) is 23.3 Å². The van der Waals surface area contributed by atoms with E-state index in [1.165, 1.54) is 0 Å². The Morgan fingerprint density at radius 3 is 2.08 bits per heavy atom. The molecule has 0 aliphatic rings. The van der Waals surface area contributed by atoms with Crippen molar-refractivity contribution in [2.75, 3.05) is 49.4 Å². The second-order valence-electron chi connectivity index (χ2n) is 4.53. The Bertz CT molecular complexity index is 621. The molecule has 0 aromatic carbocycles. The highest BCUT2D eigenvalue weighted by Gasteiger charge is 2.03. The zero-order valence-electron chi connectivity index (χ0n) is 13.4. The monoisotopic (exact) mass is 334 g/mol. The molecule has 9 nitrogen and oxygen atoms in total. The van der Waals surface area contributed by atoms with Crippen LogP contribution in [0.2, 0.25) is 0 Å². The molecule has 0 unspecified atom stereocenters. The Balaban J connectivity index is 0.000000300. The predicted octanol–water partition coefficient (Wildman–Crippen LogP) is 0.511. The lowest BCUT2D eigenvalue weighted by Gasteiger charge is -2.05. The molecule has 0 aliphatic heterocycles. The Kier molecular flexibility index (Phi) is 8.58. The predicted molar refractivity (Wildman–Crippen MR) is 93.0 cm³/mol.